The first-order chi connectivity index (χ1) is 24.5. The number of piperazine rings is 1. The van der Waals surface area contributed by atoms with E-state index in [0.29, 0.717) is 35.4 Å². The van der Waals surface area contributed by atoms with Gasteiger partial charge in [0.2, 0.25) is 5.95 Å². The second-order valence-electron chi connectivity index (χ2n) is 14.4. The summed E-state index contributed by atoms with van der Waals surface area (Å²) < 4.78 is 10.9. The number of nitrogens with zero attached hydrogens (tertiary/aromatic N) is 6. The molecule has 3 heterocycles. The zero-order valence-electron chi connectivity index (χ0n) is 31.0. The predicted molar refractivity (Wildman–Crippen MR) is 202 cm³/mol. The van der Waals surface area contributed by atoms with Crippen LogP contribution in [0.1, 0.15) is 78.7 Å². The molecule has 2 aliphatic rings. The molecule has 1 saturated heterocycles. The van der Waals surface area contributed by atoms with Gasteiger partial charge in [-0.05, 0) is 64.7 Å². The molecule has 2 atom stereocenters. The van der Waals surface area contributed by atoms with E-state index < -0.39 is 34.2 Å². The van der Waals surface area contributed by atoms with Crippen LogP contribution in [0.4, 0.5) is 28.1 Å². The van der Waals surface area contributed by atoms with E-state index in [0.717, 1.165) is 44.7 Å². The Bertz CT molecular complexity index is 1680. The summed E-state index contributed by atoms with van der Waals surface area (Å²) in [6.07, 6.45) is 7.61. The number of ether oxygens (including phenoxy) is 2. The topological polar surface area (TPSA) is 194 Å². The number of hydrogen-bond donors (Lipinski definition) is 5. The van der Waals surface area contributed by atoms with Crippen molar-refractivity contribution < 1.29 is 39.5 Å². The second-order valence-corrected chi connectivity index (χ2v) is 14.4. The molecule has 2 aromatic rings. The van der Waals surface area contributed by atoms with Gasteiger partial charge in [0.05, 0.1) is 39.8 Å². The number of carbonyl (C=O) groups excluding carboxylic acids is 2. The van der Waals surface area contributed by atoms with Gasteiger partial charge in [0.15, 0.2) is 19.8 Å². The smallest absolute Gasteiger partial charge is 0.411 e. The number of unbranched alkanes of at least 4 members (excludes halogenated alkanes) is 1. The first-order valence-electron chi connectivity index (χ1n) is 17.2. The van der Waals surface area contributed by atoms with Crippen LogP contribution < -0.4 is 15.1 Å². The highest BCUT2D eigenvalue weighted by Crippen LogP contribution is 2.46. The number of amides is 1. The van der Waals surface area contributed by atoms with E-state index in [1.165, 1.54) is 32.9 Å². The SMILES string of the molecule is [B]C1([B])N(C(=O)OC(C)(C)C)C([B])(O)C(O)(O)N(c2ccc(Nc3ncc(/C(C)=C(\C=O)C(=C)OCCCC)c(N(C)C4CCCC4)n3)nc2)C1([B])O. The molecule has 1 aliphatic carbocycles. The number of hydrogen-bond acceptors (Lipinski definition) is 14. The van der Waals surface area contributed by atoms with Crippen molar-refractivity contribution in [2.75, 3.05) is 28.8 Å². The maximum Gasteiger partial charge on any atom is 0.411 e. The Morgan fingerprint density at radius 1 is 1.09 bits per heavy atom. The second kappa shape index (κ2) is 15.4. The van der Waals surface area contributed by atoms with Gasteiger partial charge in [-0.3, -0.25) is 14.6 Å². The first-order valence-corrected chi connectivity index (χ1v) is 17.2. The normalized spacial score (nSPS) is 23.2. The van der Waals surface area contributed by atoms with Crippen LogP contribution in [-0.4, -0.2) is 132 Å². The predicted octanol–water partition coefficient (Wildman–Crippen LogP) is 1.61. The lowest BCUT2D eigenvalue weighted by Crippen LogP contribution is -2.92. The number of anilines is 4. The molecular formula is C34H45B4N7O8. The lowest BCUT2D eigenvalue weighted by atomic mass is 9.46. The van der Waals surface area contributed by atoms with Crippen molar-refractivity contribution in [1.82, 2.24) is 19.9 Å². The third kappa shape index (κ3) is 8.08. The Balaban J connectivity index is 1.69. The number of nitrogens with one attached hydrogen (secondary N) is 1. The van der Waals surface area contributed by atoms with Crippen LogP contribution in [0.25, 0.3) is 5.57 Å². The molecule has 0 spiro atoms. The minimum absolute atomic E-state index is 0.0589. The number of pyridine rings is 1. The third-order valence-electron chi connectivity index (χ3n) is 9.24. The van der Waals surface area contributed by atoms with Crippen molar-refractivity contribution in [2.45, 2.75) is 107 Å². The van der Waals surface area contributed by atoms with Gasteiger partial charge < -0.3 is 40.1 Å². The number of aldehydes is 1. The van der Waals surface area contributed by atoms with Gasteiger partial charge in [0.1, 0.15) is 36.5 Å². The largest absolute Gasteiger partial charge is 0.493 e. The Labute approximate surface area is 315 Å². The van der Waals surface area contributed by atoms with Crippen molar-refractivity contribution in [1.29, 1.82) is 0 Å². The maximum absolute atomic E-state index is 13.0. The summed E-state index contributed by atoms with van der Waals surface area (Å²) in [6, 6.07) is 2.76. The molecular weight excluding hydrogens is 678 g/mol. The molecule has 5 N–H and O–H groups in total. The fourth-order valence-corrected chi connectivity index (χ4v) is 6.22. The molecule has 2 unspecified atom stereocenters. The van der Waals surface area contributed by atoms with E-state index in [-0.39, 0.29) is 39.1 Å². The van der Waals surface area contributed by atoms with Crippen LogP contribution in [0.3, 0.4) is 0 Å². The van der Waals surface area contributed by atoms with Crippen molar-refractivity contribution in [3.8, 4) is 0 Å². The molecule has 1 amide bonds. The molecule has 53 heavy (non-hydrogen) atoms. The highest BCUT2D eigenvalue weighted by Gasteiger charge is 2.70. The van der Waals surface area contributed by atoms with Crippen molar-refractivity contribution in [2.24, 2.45) is 0 Å². The van der Waals surface area contributed by atoms with Crippen molar-refractivity contribution in [3.05, 3.63) is 48.0 Å². The van der Waals surface area contributed by atoms with Crippen LogP contribution in [0, 0.1) is 0 Å². The van der Waals surface area contributed by atoms with Crippen LogP contribution in [0.15, 0.2) is 42.4 Å². The monoisotopic (exact) mass is 723 g/mol. The maximum atomic E-state index is 13.0. The number of aliphatic hydroxyl groups is 4. The summed E-state index contributed by atoms with van der Waals surface area (Å²) in [6.45, 7) is 12.6. The molecule has 0 aromatic carbocycles. The summed E-state index contributed by atoms with van der Waals surface area (Å²) in [7, 11) is 26.1. The highest BCUT2D eigenvalue weighted by molar-refractivity contribution is 6.47. The standard InChI is InChI=1S/C34H45B4N7O8/c1-8-9-16-52-21(3)25(19-46)20(2)24-18-40-28(42-27(24)43(7)22-12-10-11-13-22)41-26-15-14-23(17-39-26)44-32(37,48)31(35,36)45(29(47)53-30(4,5)6)33(38,49)34(44,50)51/h14-15,17-19,22,48-51H,3,8-13,16H2,1-2,4-7H3,(H,39,40,41,42)/b25-20+. The summed E-state index contributed by atoms with van der Waals surface area (Å²) in [4.78, 5) is 41.0. The molecule has 2 fully saturated rings. The molecule has 276 valence electrons. The van der Waals surface area contributed by atoms with Crippen LogP contribution >= 0.6 is 0 Å². The van der Waals surface area contributed by atoms with E-state index in [9.17, 15) is 30.0 Å². The average molecular weight is 723 g/mol. The summed E-state index contributed by atoms with van der Waals surface area (Å²) in [5.41, 5.74) is -6.77. The number of rotatable bonds is 12. The van der Waals surface area contributed by atoms with Gasteiger partial charge in [0.25, 0.3) is 5.91 Å². The van der Waals surface area contributed by atoms with Gasteiger partial charge in [-0.2, -0.15) is 4.98 Å². The van der Waals surface area contributed by atoms with Crippen LogP contribution in [0.2, 0.25) is 0 Å². The molecule has 19 heteroatoms. The van der Waals surface area contributed by atoms with Gasteiger partial charge in [-0.15, -0.1) is 0 Å². The quantitative estimate of drug-likeness (QED) is 0.0404. The summed E-state index contributed by atoms with van der Waals surface area (Å²) in [5.74, 6) is -2.64. The summed E-state index contributed by atoms with van der Waals surface area (Å²) >= 11 is 0. The van der Waals surface area contributed by atoms with E-state index in [4.69, 9.17) is 45.8 Å². The van der Waals surface area contributed by atoms with E-state index in [2.05, 4.69) is 26.8 Å². The van der Waals surface area contributed by atoms with Gasteiger partial charge in [-0.1, -0.05) is 32.8 Å². The van der Waals surface area contributed by atoms with Crippen molar-refractivity contribution in [3.63, 3.8) is 0 Å². The van der Waals surface area contributed by atoms with Crippen LogP contribution in [0.5, 0.6) is 0 Å². The lowest BCUT2D eigenvalue weighted by Gasteiger charge is -2.68. The van der Waals surface area contributed by atoms with E-state index in [1.54, 1.807) is 13.1 Å². The molecule has 15 nitrogen and oxygen atoms in total. The van der Waals surface area contributed by atoms with Gasteiger partial charge >= 0.3 is 6.09 Å². The van der Waals surface area contributed by atoms with Crippen molar-refractivity contribution >= 4 is 72.6 Å². The fraction of sp³-hybridized carbons (Fsp3) is 0.559. The first kappa shape index (κ1) is 41.7. The molecule has 2 aromatic heterocycles. The number of aromatic nitrogens is 3. The average Bonchev–Trinajstić information content (AvgIpc) is 3.59. The molecule has 0 bridgehead atoms. The fourth-order valence-electron chi connectivity index (χ4n) is 6.22. The molecule has 1 aliphatic heterocycles. The molecule has 4 rings (SSSR count). The third-order valence-corrected chi connectivity index (χ3v) is 9.24. The lowest BCUT2D eigenvalue weighted by molar-refractivity contribution is -0.323. The van der Waals surface area contributed by atoms with E-state index in [1.807, 2.05) is 14.0 Å². The van der Waals surface area contributed by atoms with E-state index >= 15 is 0 Å². The number of allylic oxidation sites excluding steroid dienone is 2. The van der Waals surface area contributed by atoms with Gasteiger partial charge in [0, 0.05) is 30.2 Å². The highest BCUT2D eigenvalue weighted by atomic mass is 16.6. The molecule has 8 radical (unpaired) electrons. The Morgan fingerprint density at radius 2 is 1.74 bits per heavy atom. The zero-order valence-corrected chi connectivity index (χ0v) is 31.0. The summed E-state index contributed by atoms with van der Waals surface area (Å²) in [5, 5.41) is 44.9. The minimum Gasteiger partial charge on any atom is -0.493 e. The van der Waals surface area contributed by atoms with Gasteiger partial charge in [-0.25, -0.2) is 14.8 Å². The zero-order chi connectivity index (χ0) is 39.7. The Morgan fingerprint density at radius 3 is 2.28 bits per heavy atom. The molecule has 1 saturated carbocycles. The Kier molecular flexibility index (Phi) is 12.1. The Hall–Kier alpha value is -4.05. The number of carbonyl (C=O) groups is 2. The van der Waals surface area contributed by atoms with Crippen LogP contribution in [-0.2, 0) is 14.3 Å². The minimum atomic E-state index is -3.73.